The molecule has 2 atom stereocenters. The first kappa shape index (κ1) is 17.6. The second-order valence-corrected chi connectivity index (χ2v) is 6.02. The van der Waals surface area contributed by atoms with Gasteiger partial charge in [-0.15, -0.1) is 0 Å². The Hall–Kier alpha value is -1.37. The van der Waals surface area contributed by atoms with Crippen molar-refractivity contribution in [3.8, 4) is 0 Å². The van der Waals surface area contributed by atoms with E-state index in [-0.39, 0.29) is 27.8 Å². The van der Waals surface area contributed by atoms with Gasteiger partial charge >= 0.3 is 117 Å². The van der Waals surface area contributed by atoms with E-state index in [1.165, 1.54) is 0 Å². The zero-order chi connectivity index (χ0) is 14.8. The number of carboxylic acid groups (broad SMARTS) is 2. The molecule has 0 saturated heterocycles. The number of allylic oxidation sites excluding steroid dienone is 1. The average molecular weight is 337 g/mol. The minimum atomic E-state index is -1.18. The number of aliphatic carboxylic acids is 2. The quantitative estimate of drug-likeness (QED) is 0.241. The van der Waals surface area contributed by atoms with Crippen LogP contribution in [0.5, 0.6) is 0 Å². The Labute approximate surface area is 117 Å². The summed E-state index contributed by atoms with van der Waals surface area (Å²) in [6, 6.07) is -2.05. The fourth-order valence-corrected chi connectivity index (χ4v) is 2.72. The van der Waals surface area contributed by atoms with Gasteiger partial charge in [0.1, 0.15) is 0 Å². The van der Waals surface area contributed by atoms with Gasteiger partial charge in [0.05, 0.1) is 0 Å². The Bertz CT molecular complexity index is 348. The Kier molecular flexibility index (Phi) is 8.86. The molecule has 0 aromatic rings. The Morgan fingerprint density at radius 1 is 1.32 bits per heavy atom. The molecule has 0 aliphatic rings. The molecule has 0 heterocycles. The number of carbonyl (C=O) groups is 3. The number of nitrogens with one attached hydrogen (secondary N) is 1. The van der Waals surface area contributed by atoms with E-state index in [4.69, 9.17) is 15.9 Å². The summed E-state index contributed by atoms with van der Waals surface area (Å²) in [6.07, 6.45) is 1.57. The van der Waals surface area contributed by atoms with Gasteiger partial charge in [-0.05, 0) is 0 Å². The molecule has 0 spiro atoms. The molecule has 0 fully saturated rings. The molecular weight excluding hydrogens is 319 g/mol. The van der Waals surface area contributed by atoms with Crippen molar-refractivity contribution in [1.82, 2.24) is 5.32 Å². The third-order valence-corrected chi connectivity index (χ3v) is 4.34. The first-order valence-electron chi connectivity index (χ1n) is 5.57. The van der Waals surface area contributed by atoms with Crippen LogP contribution in [0.3, 0.4) is 0 Å². The van der Waals surface area contributed by atoms with Crippen LogP contribution in [0.4, 0.5) is 0 Å². The molecule has 0 aliphatic carbocycles. The summed E-state index contributed by atoms with van der Waals surface area (Å²) in [5.41, 5.74) is 5.25. The van der Waals surface area contributed by atoms with Crippen molar-refractivity contribution in [2.45, 2.75) is 35.6 Å². The average Bonchev–Trinajstić information content (AvgIpc) is 2.34. The molecule has 0 rings (SSSR count). The van der Waals surface area contributed by atoms with Crippen molar-refractivity contribution >= 4 is 32.8 Å². The predicted molar refractivity (Wildman–Crippen MR) is 70.0 cm³/mol. The molecular formula is C11H18N2O5Se. The van der Waals surface area contributed by atoms with Gasteiger partial charge in [0.2, 0.25) is 0 Å². The molecule has 7 nitrogen and oxygen atoms in total. The molecule has 0 aromatic carbocycles. The van der Waals surface area contributed by atoms with E-state index in [1.54, 1.807) is 6.08 Å². The molecule has 0 bridgehead atoms. The zero-order valence-electron chi connectivity index (χ0n) is 10.4. The monoisotopic (exact) mass is 338 g/mol. The molecule has 8 heteroatoms. The van der Waals surface area contributed by atoms with Gasteiger partial charge in [0.25, 0.3) is 0 Å². The van der Waals surface area contributed by atoms with Crippen molar-refractivity contribution in [2.24, 2.45) is 5.73 Å². The summed E-state index contributed by atoms with van der Waals surface area (Å²) in [4.78, 5) is 32.9. The first-order valence-corrected chi connectivity index (χ1v) is 8.00. The number of carboxylic acids is 2. The van der Waals surface area contributed by atoms with Gasteiger partial charge < -0.3 is 0 Å². The van der Waals surface area contributed by atoms with E-state index in [1.807, 2.05) is 0 Å². The van der Waals surface area contributed by atoms with E-state index in [0.717, 1.165) is 5.32 Å². The number of rotatable bonds is 10. The molecule has 1 amide bonds. The number of carbonyl (C=O) groups excluding carboxylic acids is 1. The van der Waals surface area contributed by atoms with Crippen LogP contribution in [0.25, 0.3) is 0 Å². The van der Waals surface area contributed by atoms with Crippen molar-refractivity contribution in [3.63, 3.8) is 0 Å². The van der Waals surface area contributed by atoms with Gasteiger partial charge in [0, 0.05) is 0 Å². The zero-order valence-corrected chi connectivity index (χ0v) is 12.1. The van der Waals surface area contributed by atoms with Crippen LogP contribution in [-0.4, -0.2) is 55.1 Å². The normalized spacial score (nSPS) is 13.3. The van der Waals surface area contributed by atoms with Gasteiger partial charge in [-0.3, -0.25) is 0 Å². The summed E-state index contributed by atoms with van der Waals surface area (Å²) in [7, 11) is 0. The molecule has 0 radical (unpaired) electrons. The van der Waals surface area contributed by atoms with Gasteiger partial charge in [-0.25, -0.2) is 0 Å². The minimum absolute atomic E-state index is 0.0225. The van der Waals surface area contributed by atoms with E-state index in [0.29, 0.717) is 5.32 Å². The Balaban J connectivity index is 4.13. The molecule has 0 aliphatic heterocycles. The van der Waals surface area contributed by atoms with E-state index in [2.05, 4.69) is 11.9 Å². The van der Waals surface area contributed by atoms with Crippen LogP contribution < -0.4 is 11.1 Å². The number of amides is 1. The summed E-state index contributed by atoms with van der Waals surface area (Å²) in [6.45, 7) is 3.54. The summed E-state index contributed by atoms with van der Waals surface area (Å²) < 4.78 is 0. The van der Waals surface area contributed by atoms with Crippen LogP contribution >= 0.6 is 0 Å². The maximum atomic E-state index is 11.5. The standard InChI is InChI=1S/C11H18N2O5Se/c1-2-5-19-6-8(11(17)18)13-9(14)4-3-7(12)10(15)16/h2,7-8H,1,3-6,12H2,(H,13,14)(H,15,16)(H,17,18)/t7-,8-/m0/s1. The van der Waals surface area contributed by atoms with Crippen LogP contribution in [0.15, 0.2) is 12.7 Å². The summed E-state index contributed by atoms with van der Waals surface area (Å²) in [5.74, 6) is -2.78. The van der Waals surface area contributed by atoms with Gasteiger partial charge in [0.15, 0.2) is 0 Å². The van der Waals surface area contributed by atoms with Crippen molar-refractivity contribution < 1.29 is 24.6 Å². The summed E-state index contributed by atoms with van der Waals surface area (Å²) in [5, 5.41) is 21.0. The molecule has 0 aromatic heterocycles. The number of hydrogen-bond donors (Lipinski definition) is 4. The molecule has 0 unspecified atom stereocenters. The van der Waals surface area contributed by atoms with Crippen molar-refractivity contribution in [1.29, 1.82) is 0 Å². The predicted octanol–water partition coefficient (Wildman–Crippen LogP) is -0.525. The fraction of sp³-hybridized carbons (Fsp3) is 0.545. The molecule has 19 heavy (non-hydrogen) atoms. The van der Waals surface area contributed by atoms with E-state index in [9.17, 15) is 14.4 Å². The molecule has 5 N–H and O–H groups in total. The van der Waals surface area contributed by atoms with Crippen LogP contribution in [-0.2, 0) is 14.4 Å². The van der Waals surface area contributed by atoms with Crippen LogP contribution in [0.2, 0.25) is 10.6 Å². The SMILES string of the molecule is C=CC[Se]C[C@H](NC(=O)CC[C@H](N)C(=O)O)C(=O)O. The fourth-order valence-electron chi connectivity index (χ4n) is 1.12. The summed E-state index contributed by atoms with van der Waals surface area (Å²) >= 11 is 0.0650. The second kappa shape index (κ2) is 9.55. The van der Waals surface area contributed by atoms with E-state index < -0.39 is 29.9 Å². The van der Waals surface area contributed by atoms with Crippen LogP contribution in [0, 0.1) is 0 Å². The third kappa shape index (κ3) is 8.36. The van der Waals surface area contributed by atoms with E-state index >= 15 is 0 Å². The topological polar surface area (TPSA) is 130 Å². The van der Waals surface area contributed by atoms with Crippen LogP contribution in [0.1, 0.15) is 12.8 Å². The van der Waals surface area contributed by atoms with Crippen molar-refractivity contribution in [3.05, 3.63) is 12.7 Å². The Morgan fingerprint density at radius 3 is 2.42 bits per heavy atom. The second-order valence-electron chi connectivity index (χ2n) is 3.77. The number of hydrogen-bond acceptors (Lipinski definition) is 4. The van der Waals surface area contributed by atoms with Crippen molar-refractivity contribution in [2.75, 3.05) is 0 Å². The molecule has 0 saturated carbocycles. The third-order valence-electron chi connectivity index (χ3n) is 2.15. The Morgan fingerprint density at radius 2 is 1.95 bits per heavy atom. The van der Waals surface area contributed by atoms with Gasteiger partial charge in [-0.1, -0.05) is 0 Å². The molecule has 108 valence electrons. The maximum absolute atomic E-state index is 11.5. The first-order chi connectivity index (χ1) is 8.88. The van der Waals surface area contributed by atoms with Gasteiger partial charge in [-0.2, -0.15) is 0 Å². The number of nitrogens with two attached hydrogens (primary N) is 1.